The van der Waals surface area contributed by atoms with Gasteiger partial charge < -0.3 is 14.0 Å². The zero-order valence-corrected chi connectivity index (χ0v) is 12.3. The zero-order valence-electron chi connectivity index (χ0n) is 15.3. The molecule has 108 valence electrons. The van der Waals surface area contributed by atoms with Crippen LogP contribution < -0.4 is 5.46 Å². The van der Waals surface area contributed by atoms with Gasteiger partial charge in [-0.25, -0.2) is 4.79 Å². The van der Waals surface area contributed by atoms with Gasteiger partial charge in [-0.05, 0) is 40.7 Å². The first-order chi connectivity index (χ1) is 10.3. The Labute approximate surface area is 124 Å². The van der Waals surface area contributed by atoms with Crippen molar-refractivity contribution >= 4 is 18.6 Å². The van der Waals surface area contributed by atoms with E-state index < -0.39 is 31.3 Å². The molecule has 6 heteroatoms. The summed E-state index contributed by atoms with van der Waals surface area (Å²) in [5.41, 5.74) is -0.0660. The van der Waals surface area contributed by atoms with Crippen molar-refractivity contribution in [3.63, 3.8) is 0 Å². The molecule has 0 aliphatic carbocycles. The maximum absolute atomic E-state index is 12.0. The third-order valence-corrected chi connectivity index (χ3v) is 3.95. The van der Waals surface area contributed by atoms with E-state index in [4.69, 9.17) is 13.4 Å². The standard InChI is InChI=1S/C14H20BNO4/c1-9-11(12(17)18-6)7-10(8-16-9)15-19-13(2,3)14(4,5)20-15/h7-8H,1-6H3/i6D3. The molecule has 1 fully saturated rings. The number of pyridine rings is 1. The van der Waals surface area contributed by atoms with Crippen molar-refractivity contribution in [1.29, 1.82) is 0 Å². The van der Waals surface area contributed by atoms with E-state index in [2.05, 4.69) is 9.72 Å². The van der Waals surface area contributed by atoms with Gasteiger partial charge in [0.25, 0.3) is 0 Å². The number of rotatable bonds is 2. The molecule has 1 aliphatic heterocycles. The molecule has 0 amide bonds. The fourth-order valence-electron chi connectivity index (χ4n) is 1.92. The minimum absolute atomic E-state index is 0.0772. The van der Waals surface area contributed by atoms with E-state index in [9.17, 15) is 4.79 Å². The molecule has 0 radical (unpaired) electrons. The molecule has 2 heterocycles. The van der Waals surface area contributed by atoms with Crippen LogP contribution in [0.4, 0.5) is 0 Å². The summed E-state index contributed by atoms with van der Waals surface area (Å²) in [6.07, 6.45) is 1.55. The fourth-order valence-corrected chi connectivity index (χ4v) is 1.92. The number of methoxy groups -OCH3 is 1. The van der Waals surface area contributed by atoms with Crippen molar-refractivity contribution in [1.82, 2.24) is 4.98 Å². The first kappa shape index (κ1) is 11.3. The normalized spacial score (nSPS) is 22.9. The van der Waals surface area contributed by atoms with Gasteiger partial charge in [0.05, 0.1) is 33.6 Å². The summed E-state index contributed by atoms with van der Waals surface area (Å²) < 4.78 is 37.3. The molecule has 2 rings (SSSR count). The van der Waals surface area contributed by atoms with E-state index in [1.165, 1.54) is 6.07 Å². The molecule has 0 N–H and O–H groups in total. The molecule has 0 saturated carbocycles. The predicted octanol–water partition coefficient (Wildman–Crippen LogP) is 1.48. The van der Waals surface area contributed by atoms with Crippen molar-refractivity contribution in [3.8, 4) is 0 Å². The number of carbonyl (C=O) groups excluding carboxylic acids is 1. The number of esters is 1. The lowest BCUT2D eigenvalue weighted by molar-refractivity contribution is 0.00578. The Morgan fingerprint density at radius 3 is 2.50 bits per heavy atom. The molecule has 0 aromatic carbocycles. The van der Waals surface area contributed by atoms with Crippen LogP contribution in [0.15, 0.2) is 12.3 Å². The Morgan fingerprint density at radius 1 is 1.35 bits per heavy atom. The summed E-state index contributed by atoms with van der Waals surface area (Å²) in [5, 5.41) is 0. The van der Waals surface area contributed by atoms with Gasteiger partial charge in [-0.2, -0.15) is 0 Å². The number of hydrogen-bond acceptors (Lipinski definition) is 5. The molecule has 0 bridgehead atoms. The van der Waals surface area contributed by atoms with E-state index in [1.54, 1.807) is 13.1 Å². The van der Waals surface area contributed by atoms with Gasteiger partial charge in [0.1, 0.15) is 0 Å². The Kier molecular flexibility index (Phi) is 2.74. The highest BCUT2D eigenvalue weighted by molar-refractivity contribution is 6.62. The molecule has 0 spiro atoms. The number of aromatic nitrogens is 1. The third-order valence-electron chi connectivity index (χ3n) is 3.95. The highest BCUT2D eigenvalue weighted by atomic mass is 16.7. The minimum Gasteiger partial charge on any atom is -0.465 e. The average Bonchev–Trinajstić information content (AvgIpc) is 2.56. The van der Waals surface area contributed by atoms with Crippen LogP contribution in [-0.2, 0) is 14.0 Å². The highest BCUT2D eigenvalue weighted by Gasteiger charge is 2.51. The number of nitrogens with zero attached hydrogens (tertiary/aromatic N) is 1. The Hall–Kier alpha value is -1.40. The van der Waals surface area contributed by atoms with E-state index in [1.807, 2.05) is 27.7 Å². The van der Waals surface area contributed by atoms with Crippen molar-refractivity contribution < 1.29 is 23.0 Å². The average molecular weight is 280 g/mol. The lowest BCUT2D eigenvalue weighted by Gasteiger charge is -2.32. The lowest BCUT2D eigenvalue weighted by atomic mass is 9.79. The summed E-state index contributed by atoms with van der Waals surface area (Å²) in [4.78, 5) is 16.1. The smallest absolute Gasteiger partial charge is 0.465 e. The van der Waals surface area contributed by atoms with Gasteiger partial charge in [0.15, 0.2) is 0 Å². The number of aryl methyl sites for hydroxylation is 1. The van der Waals surface area contributed by atoms with Crippen molar-refractivity contribution in [3.05, 3.63) is 23.5 Å². The summed E-state index contributed by atoms with van der Waals surface area (Å²) in [6.45, 7) is 9.26. The number of hydrogen-bond donors (Lipinski definition) is 0. The molecule has 20 heavy (non-hydrogen) atoms. The Balaban J connectivity index is 2.30. The van der Waals surface area contributed by atoms with E-state index in [0.29, 0.717) is 11.2 Å². The Morgan fingerprint density at radius 2 is 1.95 bits per heavy atom. The Bertz CT molecular complexity index is 615. The van der Waals surface area contributed by atoms with Crippen LogP contribution in [0, 0.1) is 6.92 Å². The predicted molar refractivity (Wildman–Crippen MR) is 76.0 cm³/mol. The second-order valence-corrected chi connectivity index (χ2v) is 5.88. The molecule has 0 unspecified atom stereocenters. The van der Waals surface area contributed by atoms with Gasteiger partial charge in [-0.3, -0.25) is 4.98 Å². The first-order valence-corrected chi connectivity index (χ1v) is 6.38. The lowest BCUT2D eigenvalue weighted by Crippen LogP contribution is -2.41. The van der Waals surface area contributed by atoms with Crippen molar-refractivity contribution in [2.45, 2.75) is 45.8 Å². The van der Waals surface area contributed by atoms with Crippen molar-refractivity contribution in [2.75, 3.05) is 7.04 Å². The zero-order chi connectivity index (χ0) is 17.6. The number of carbonyl (C=O) groups is 1. The largest absolute Gasteiger partial charge is 0.496 e. The van der Waals surface area contributed by atoms with E-state index in [-0.39, 0.29) is 5.56 Å². The molecule has 1 aromatic rings. The van der Waals surface area contributed by atoms with Crippen LogP contribution in [0.5, 0.6) is 0 Å². The van der Waals surface area contributed by atoms with E-state index >= 15 is 0 Å². The monoisotopic (exact) mass is 280 g/mol. The summed E-state index contributed by atoms with van der Waals surface area (Å²) in [6, 6.07) is 1.50. The topological polar surface area (TPSA) is 57.7 Å². The number of ether oxygens (including phenoxy) is 1. The molecule has 1 aliphatic rings. The fraction of sp³-hybridized carbons (Fsp3) is 0.571. The second-order valence-electron chi connectivity index (χ2n) is 5.88. The maximum Gasteiger partial charge on any atom is 0.496 e. The van der Waals surface area contributed by atoms with Gasteiger partial charge in [0.2, 0.25) is 0 Å². The third kappa shape index (κ3) is 2.45. The van der Waals surface area contributed by atoms with Crippen LogP contribution in [0.3, 0.4) is 0 Å². The summed E-state index contributed by atoms with van der Waals surface area (Å²) in [5.74, 6) is -0.951. The molecule has 1 saturated heterocycles. The molecule has 5 nitrogen and oxygen atoms in total. The highest BCUT2D eigenvalue weighted by Crippen LogP contribution is 2.36. The van der Waals surface area contributed by atoms with Crippen LogP contribution in [-0.4, -0.2) is 36.3 Å². The quantitative estimate of drug-likeness (QED) is 0.606. The van der Waals surface area contributed by atoms with E-state index in [0.717, 1.165) is 0 Å². The van der Waals surface area contributed by atoms with Gasteiger partial charge in [-0.1, -0.05) is 0 Å². The second kappa shape index (κ2) is 4.86. The first-order valence-electron chi connectivity index (χ1n) is 7.88. The SMILES string of the molecule is [2H]C([2H])([2H])OC(=O)c1cc(B2OC(C)(C)C(C)(C)O2)cnc1C. The van der Waals surface area contributed by atoms with Crippen LogP contribution in [0.1, 0.15) is 47.9 Å². The van der Waals surface area contributed by atoms with Crippen LogP contribution in [0.25, 0.3) is 0 Å². The minimum atomic E-state index is -2.80. The van der Waals surface area contributed by atoms with Gasteiger partial charge in [0, 0.05) is 11.7 Å². The van der Waals surface area contributed by atoms with Crippen LogP contribution >= 0.6 is 0 Å². The van der Waals surface area contributed by atoms with Crippen LogP contribution in [0.2, 0.25) is 0 Å². The summed E-state index contributed by atoms with van der Waals surface area (Å²) in [7, 11) is -3.49. The maximum atomic E-state index is 12.0. The van der Waals surface area contributed by atoms with Crippen molar-refractivity contribution in [2.24, 2.45) is 0 Å². The van der Waals surface area contributed by atoms with Gasteiger partial charge >= 0.3 is 13.1 Å². The van der Waals surface area contributed by atoms with Gasteiger partial charge in [-0.15, -0.1) is 0 Å². The summed E-state index contributed by atoms with van der Waals surface area (Å²) >= 11 is 0. The molecule has 0 atom stereocenters. The molecular formula is C14H20BNO4. The molecular weight excluding hydrogens is 257 g/mol. The molecule has 1 aromatic heterocycles.